The van der Waals surface area contributed by atoms with Gasteiger partial charge in [0, 0.05) is 12.3 Å². The van der Waals surface area contributed by atoms with Gasteiger partial charge in [-0.25, -0.2) is 0 Å². The number of carbonyl (C=O) groups is 1. The first-order chi connectivity index (χ1) is 5.41. The quantitative estimate of drug-likeness (QED) is 0.543. The fourth-order valence-corrected chi connectivity index (χ4v) is 2.12. The molecule has 0 heterocycles. The van der Waals surface area contributed by atoms with Gasteiger partial charge in [-0.3, -0.25) is 4.79 Å². The summed E-state index contributed by atoms with van der Waals surface area (Å²) in [4.78, 5) is 11.7. The third-order valence-electron chi connectivity index (χ3n) is 2.93. The van der Waals surface area contributed by atoms with E-state index in [9.17, 15) is 4.79 Å². The van der Waals surface area contributed by atoms with E-state index in [-0.39, 0.29) is 5.41 Å². The van der Waals surface area contributed by atoms with Gasteiger partial charge < -0.3 is 0 Å². The van der Waals surface area contributed by atoms with Crippen molar-refractivity contribution in [3.63, 3.8) is 0 Å². The fourth-order valence-electron chi connectivity index (χ4n) is 2.12. The Labute approximate surface area is 75.5 Å². The van der Waals surface area contributed by atoms with Crippen molar-refractivity contribution in [2.75, 3.05) is 0 Å². The predicted molar refractivity (Wildman–Crippen MR) is 51.0 cm³/mol. The molecule has 2 atom stereocenters. The van der Waals surface area contributed by atoms with E-state index < -0.39 is 0 Å². The Balaban J connectivity index is 2.63. The molecule has 1 fully saturated rings. The van der Waals surface area contributed by atoms with Crippen LogP contribution in [0.1, 0.15) is 47.0 Å². The summed E-state index contributed by atoms with van der Waals surface area (Å²) in [6, 6.07) is 0. The molecule has 0 aromatic rings. The minimum atomic E-state index is 0.178. The second-order valence-electron chi connectivity index (χ2n) is 5.27. The first kappa shape index (κ1) is 9.76. The lowest BCUT2D eigenvalue weighted by Crippen LogP contribution is -2.33. The van der Waals surface area contributed by atoms with Crippen LogP contribution in [0.2, 0.25) is 0 Å². The lowest BCUT2D eigenvalue weighted by Gasteiger charge is -2.34. The van der Waals surface area contributed by atoms with Crippen LogP contribution < -0.4 is 0 Å². The van der Waals surface area contributed by atoms with E-state index in [1.54, 1.807) is 0 Å². The average molecular weight is 168 g/mol. The van der Waals surface area contributed by atoms with Crippen LogP contribution >= 0.6 is 0 Å². The average Bonchev–Trinajstić information content (AvgIpc) is 1.83. The van der Waals surface area contributed by atoms with Crippen LogP contribution in [0.15, 0.2) is 0 Å². The lowest BCUT2D eigenvalue weighted by molar-refractivity contribution is -0.129. The number of hydrogen-bond acceptors (Lipinski definition) is 1. The van der Waals surface area contributed by atoms with Crippen LogP contribution in [0, 0.1) is 17.3 Å². The predicted octanol–water partition coefficient (Wildman–Crippen LogP) is 3.04. The maximum absolute atomic E-state index is 11.7. The van der Waals surface area contributed by atoms with E-state index in [0.29, 0.717) is 17.6 Å². The van der Waals surface area contributed by atoms with Crippen LogP contribution in [0.3, 0.4) is 0 Å². The first-order valence-corrected chi connectivity index (χ1v) is 4.94. The number of Topliss-reactive ketones (excluding diaryl/α,β-unsaturated/α-hetero) is 1. The van der Waals surface area contributed by atoms with Gasteiger partial charge in [0.2, 0.25) is 0 Å². The number of hydrogen-bond donors (Lipinski definition) is 0. The van der Waals surface area contributed by atoms with Crippen LogP contribution in [0.4, 0.5) is 0 Å². The fraction of sp³-hybridized carbons (Fsp3) is 0.909. The minimum absolute atomic E-state index is 0.178. The van der Waals surface area contributed by atoms with Crippen molar-refractivity contribution in [1.29, 1.82) is 0 Å². The zero-order chi connectivity index (χ0) is 9.35. The molecule has 0 N–H and O–H groups in total. The Hall–Kier alpha value is -0.330. The number of rotatable bonds is 0. The van der Waals surface area contributed by atoms with Gasteiger partial charge in [0.15, 0.2) is 0 Å². The molecule has 0 radical (unpaired) electrons. The first-order valence-electron chi connectivity index (χ1n) is 4.94. The maximum Gasteiger partial charge on any atom is 0.136 e. The standard InChI is InChI=1S/C11H20O/c1-8-5-6-9(10(12)7-8)11(2,3)4/h8-9H,5-7H2,1-4H3/t8-,9+/m0/s1. The molecule has 1 saturated carbocycles. The Kier molecular flexibility index (Phi) is 2.60. The highest BCUT2D eigenvalue weighted by atomic mass is 16.1. The zero-order valence-electron chi connectivity index (χ0n) is 8.68. The summed E-state index contributed by atoms with van der Waals surface area (Å²) in [7, 11) is 0. The van der Waals surface area contributed by atoms with Crippen LogP contribution in [0.25, 0.3) is 0 Å². The molecule has 1 heteroatoms. The summed E-state index contributed by atoms with van der Waals surface area (Å²) in [5.74, 6) is 1.42. The highest BCUT2D eigenvalue weighted by Crippen LogP contribution is 2.37. The van der Waals surface area contributed by atoms with Gasteiger partial charge in [-0.2, -0.15) is 0 Å². The number of carbonyl (C=O) groups excluding carboxylic acids is 1. The van der Waals surface area contributed by atoms with Crippen LogP contribution in [0.5, 0.6) is 0 Å². The smallest absolute Gasteiger partial charge is 0.136 e. The Morgan fingerprint density at radius 3 is 2.25 bits per heavy atom. The molecule has 1 aliphatic carbocycles. The molecule has 0 spiro atoms. The summed E-state index contributed by atoms with van der Waals surface area (Å²) < 4.78 is 0. The van der Waals surface area contributed by atoms with Crippen molar-refractivity contribution in [3.05, 3.63) is 0 Å². The summed E-state index contributed by atoms with van der Waals surface area (Å²) in [5, 5.41) is 0. The maximum atomic E-state index is 11.7. The molecule has 0 aliphatic heterocycles. The van der Waals surface area contributed by atoms with Crippen molar-refractivity contribution in [2.45, 2.75) is 47.0 Å². The molecule has 1 rings (SSSR count). The second kappa shape index (κ2) is 3.20. The third kappa shape index (κ3) is 2.09. The molecule has 0 aromatic carbocycles. The molecule has 0 unspecified atom stereocenters. The monoisotopic (exact) mass is 168 g/mol. The molecular formula is C11H20O. The summed E-state index contributed by atoms with van der Waals surface area (Å²) in [5.41, 5.74) is 0.178. The Morgan fingerprint density at radius 1 is 1.25 bits per heavy atom. The summed E-state index contributed by atoms with van der Waals surface area (Å²) >= 11 is 0. The van der Waals surface area contributed by atoms with Crippen LogP contribution in [-0.2, 0) is 4.79 Å². The normalized spacial score (nSPS) is 32.2. The largest absolute Gasteiger partial charge is 0.299 e. The molecule has 1 aliphatic rings. The van der Waals surface area contributed by atoms with Gasteiger partial charge in [0.25, 0.3) is 0 Å². The van der Waals surface area contributed by atoms with Crippen molar-refractivity contribution in [3.8, 4) is 0 Å². The Morgan fingerprint density at radius 2 is 1.83 bits per heavy atom. The van der Waals surface area contributed by atoms with Crippen molar-refractivity contribution >= 4 is 5.78 Å². The van der Waals surface area contributed by atoms with Crippen LogP contribution in [-0.4, -0.2) is 5.78 Å². The van der Waals surface area contributed by atoms with Gasteiger partial charge in [-0.1, -0.05) is 27.7 Å². The SMILES string of the molecule is C[C@H]1CC[C@@H](C(C)(C)C)C(=O)C1. The van der Waals surface area contributed by atoms with Gasteiger partial charge in [-0.05, 0) is 24.2 Å². The van der Waals surface area contributed by atoms with E-state index in [0.717, 1.165) is 12.8 Å². The van der Waals surface area contributed by atoms with Gasteiger partial charge in [0.1, 0.15) is 5.78 Å². The van der Waals surface area contributed by atoms with E-state index in [1.165, 1.54) is 6.42 Å². The molecule has 0 amide bonds. The molecular weight excluding hydrogens is 148 g/mol. The summed E-state index contributed by atoms with van der Waals surface area (Å²) in [6.07, 6.45) is 3.14. The molecule has 12 heavy (non-hydrogen) atoms. The van der Waals surface area contributed by atoms with Crippen molar-refractivity contribution < 1.29 is 4.79 Å². The van der Waals surface area contributed by atoms with E-state index >= 15 is 0 Å². The zero-order valence-corrected chi connectivity index (χ0v) is 8.68. The van der Waals surface area contributed by atoms with Crippen molar-refractivity contribution in [2.24, 2.45) is 17.3 Å². The van der Waals surface area contributed by atoms with E-state index in [1.807, 2.05) is 0 Å². The molecule has 1 nitrogen and oxygen atoms in total. The minimum Gasteiger partial charge on any atom is -0.299 e. The summed E-state index contributed by atoms with van der Waals surface area (Å²) in [6.45, 7) is 8.69. The molecule has 0 saturated heterocycles. The van der Waals surface area contributed by atoms with E-state index in [4.69, 9.17) is 0 Å². The van der Waals surface area contributed by atoms with Gasteiger partial charge in [-0.15, -0.1) is 0 Å². The Bertz CT molecular complexity index is 176. The highest BCUT2D eigenvalue weighted by Gasteiger charge is 2.34. The van der Waals surface area contributed by atoms with Crippen molar-refractivity contribution in [1.82, 2.24) is 0 Å². The second-order valence-corrected chi connectivity index (χ2v) is 5.27. The topological polar surface area (TPSA) is 17.1 Å². The van der Waals surface area contributed by atoms with Gasteiger partial charge >= 0.3 is 0 Å². The molecule has 70 valence electrons. The number of ketones is 1. The van der Waals surface area contributed by atoms with E-state index in [2.05, 4.69) is 27.7 Å². The molecule has 0 aromatic heterocycles. The third-order valence-corrected chi connectivity index (χ3v) is 2.93. The molecule has 0 bridgehead atoms. The highest BCUT2D eigenvalue weighted by molar-refractivity contribution is 5.82. The van der Waals surface area contributed by atoms with Gasteiger partial charge in [0.05, 0.1) is 0 Å². The lowest BCUT2D eigenvalue weighted by atomic mass is 9.69.